The minimum absolute atomic E-state index is 0.681. The zero-order chi connectivity index (χ0) is 11.4. The summed E-state index contributed by atoms with van der Waals surface area (Å²) in [4.78, 5) is 0. The van der Waals surface area contributed by atoms with Gasteiger partial charge in [0.25, 0.3) is 0 Å². The quantitative estimate of drug-likeness (QED) is 0.838. The molecule has 0 aliphatic heterocycles. The number of hydrogen-bond donors (Lipinski definition) is 1. The lowest BCUT2D eigenvalue weighted by molar-refractivity contribution is 0.300. The predicted molar refractivity (Wildman–Crippen MR) is 69.7 cm³/mol. The molecule has 1 aliphatic carbocycles. The summed E-state index contributed by atoms with van der Waals surface area (Å²) < 4.78 is 0. The Morgan fingerprint density at radius 2 is 2.12 bits per heavy atom. The van der Waals surface area contributed by atoms with Crippen LogP contribution in [0.15, 0.2) is 24.3 Å². The summed E-state index contributed by atoms with van der Waals surface area (Å²) in [6.45, 7) is 3.25. The number of hydrogen-bond acceptors (Lipinski definition) is 1. The Bertz CT molecular complexity index is 337. The first-order chi connectivity index (χ1) is 7.75. The molecular weight excluding hydrogens is 218 g/mol. The van der Waals surface area contributed by atoms with E-state index < -0.39 is 0 Å². The molecule has 1 nitrogen and oxygen atoms in total. The van der Waals surface area contributed by atoms with Gasteiger partial charge in [0.15, 0.2) is 0 Å². The van der Waals surface area contributed by atoms with Crippen molar-refractivity contribution in [3.8, 4) is 0 Å². The number of halogens is 1. The van der Waals surface area contributed by atoms with Crippen LogP contribution < -0.4 is 5.32 Å². The van der Waals surface area contributed by atoms with Gasteiger partial charge in [0, 0.05) is 17.6 Å². The van der Waals surface area contributed by atoms with Crippen LogP contribution in [0, 0.1) is 5.92 Å². The van der Waals surface area contributed by atoms with E-state index in [0.29, 0.717) is 6.04 Å². The largest absolute Gasteiger partial charge is 0.310 e. The predicted octanol–water partition coefficient (Wildman–Crippen LogP) is 4.01. The van der Waals surface area contributed by atoms with Gasteiger partial charge in [-0.1, -0.05) is 49.6 Å². The lowest BCUT2D eigenvalue weighted by Gasteiger charge is -2.27. The van der Waals surface area contributed by atoms with Crippen molar-refractivity contribution >= 4 is 11.6 Å². The minimum atomic E-state index is 0.681. The summed E-state index contributed by atoms with van der Waals surface area (Å²) in [5.41, 5.74) is 1.21. The van der Waals surface area contributed by atoms with Crippen LogP contribution in [0.4, 0.5) is 0 Å². The van der Waals surface area contributed by atoms with E-state index in [2.05, 4.69) is 18.3 Å². The van der Waals surface area contributed by atoms with Crippen molar-refractivity contribution in [1.29, 1.82) is 0 Å². The fourth-order valence-electron chi connectivity index (χ4n) is 2.52. The van der Waals surface area contributed by atoms with Gasteiger partial charge in [-0.15, -0.1) is 0 Å². The molecule has 16 heavy (non-hydrogen) atoms. The molecule has 1 aromatic carbocycles. The van der Waals surface area contributed by atoms with Gasteiger partial charge in [-0.25, -0.2) is 0 Å². The SMILES string of the molecule is CC1CCCC(NCc2ccccc2Cl)C1. The molecule has 88 valence electrons. The highest BCUT2D eigenvalue weighted by atomic mass is 35.5. The summed E-state index contributed by atoms with van der Waals surface area (Å²) in [7, 11) is 0. The molecule has 0 amide bonds. The van der Waals surface area contributed by atoms with Crippen molar-refractivity contribution in [2.24, 2.45) is 5.92 Å². The maximum atomic E-state index is 6.13. The molecule has 1 fully saturated rings. The van der Waals surface area contributed by atoms with Crippen LogP contribution in [-0.2, 0) is 6.54 Å². The van der Waals surface area contributed by atoms with Crippen molar-refractivity contribution in [2.45, 2.75) is 45.2 Å². The first kappa shape index (κ1) is 11.9. The molecule has 2 unspecified atom stereocenters. The maximum absolute atomic E-state index is 6.13. The molecule has 0 radical (unpaired) electrons. The molecule has 0 spiro atoms. The number of nitrogens with one attached hydrogen (secondary N) is 1. The van der Waals surface area contributed by atoms with E-state index in [1.165, 1.54) is 31.2 Å². The second-order valence-corrected chi connectivity index (χ2v) is 5.35. The zero-order valence-corrected chi connectivity index (χ0v) is 10.6. The molecule has 2 heteroatoms. The summed E-state index contributed by atoms with van der Waals surface area (Å²) >= 11 is 6.13. The average Bonchev–Trinajstić information content (AvgIpc) is 2.28. The molecule has 2 rings (SSSR count). The standard InChI is InChI=1S/C14H20ClN/c1-11-5-4-7-13(9-11)16-10-12-6-2-3-8-14(12)15/h2-3,6,8,11,13,16H,4-5,7,9-10H2,1H3. The van der Waals surface area contributed by atoms with Gasteiger partial charge < -0.3 is 5.32 Å². The maximum Gasteiger partial charge on any atom is 0.0450 e. The Hall–Kier alpha value is -0.530. The second-order valence-electron chi connectivity index (χ2n) is 4.94. The van der Waals surface area contributed by atoms with Crippen LogP contribution >= 0.6 is 11.6 Å². The molecule has 0 bridgehead atoms. The van der Waals surface area contributed by atoms with Crippen molar-refractivity contribution in [2.75, 3.05) is 0 Å². The van der Waals surface area contributed by atoms with Crippen molar-refractivity contribution in [3.05, 3.63) is 34.9 Å². The third-order valence-electron chi connectivity index (χ3n) is 3.48. The Kier molecular flexibility index (Phi) is 4.25. The minimum Gasteiger partial charge on any atom is -0.310 e. The van der Waals surface area contributed by atoms with E-state index in [-0.39, 0.29) is 0 Å². The lowest BCUT2D eigenvalue weighted by Crippen LogP contribution is -2.33. The topological polar surface area (TPSA) is 12.0 Å². The lowest BCUT2D eigenvalue weighted by atomic mass is 9.87. The average molecular weight is 238 g/mol. The molecule has 1 aliphatic rings. The van der Waals surface area contributed by atoms with Gasteiger partial charge in [0.05, 0.1) is 0 Å². The van der Waals surface area contributed by atoms with Crippen LogP contribution in [0.5, 0.6) is 0 Å². The highest BCUT2D eigenvalue weighted by Crippen LogP contribution is 2.24. The smallest absolute Gasteiger partial charge is 0.0450 e. The van der Waals surface area contributed by atoms with Gasteiger partial charge >= 0.3 is 0 Å². The van der Waals surface area contributed by atoms with Crippen molar-refractivity contribution < 1.29 is 0 Å². The summed E-state index contributed by atoms with van der Waals surface area (Å²) in [5.74, 6) is 0.873. The number of benzene rings is 1. The van der Waals surface area contributed by atoms with E-state index in [4.69, 9.17) is 11.6 Å². The number of rotatable bonds is 3. The second kappa shape index (κ2) is 5.70. The molecule has 1 saturated carbocycles. The summed E-state index contributed by atoms with van der Waals surface area (Å²) in [6, 6.07) is 8.77. The Balaban J connectivity index is 1.85. The fourth-order valence-corrected chi connectivity index (χ4v) is 2.72. The molecule has 1 N–H and O–H groups in total. The van der Waals surface area contributed by atoms with E-state index in [1.54, 1.807) is 0 Å². The monoisotopic (exact) mass is 237 g/mol. The molecule has 0 heterocycles. The molecule has 0 saturated heterocycles. The van der Waals surface area contributed by atoms with Gasteiger partial charge in [0.1, 0.15) is 0 Å². The third kappa shape index (κ3) is 3.23. The van der Waals surface area contributed by atoms with E-state index in [0.717, 1.165) is 17.5 Å². The first-order valence-electron chi connectivity index (χ1n) is 6.22. The van der Waals surface area contributed by atoms with Crippen LogP contribution in [0.3, 0.4) is 0 Å². The van der Waals surface area contributed by atoms with E-state index in [1.807, 2.05) is 18.2 Å². The van der Waals surface area contributed by atoms with Crippen LogP contribution in [0.1, 0.15) is 38.2 Å². The Morgan fingerprint density at radius 1 is 1.31 bits per heavy atom. The van der Waals surface area contributed by atoms with Crippen molar-refractivity contribution in [1.82, 2.24) is 5.32 Å². The normalized spacial score (nSPS) is 25.6. The highest BCUT2D eigenvalue weighted by molar-refractivity contribution is 6.31. The Labute approximate surface area is 103 Å². The van der Waals surface area contributed by atoms with Gasteiger partial charge in [-0.05, 0) is 30.4 Å². The van der Waals surface area contributed by atoms with Crippen LogP contribution in [0.25, 0.3) is 0 Å². The van der Waals surface area contributed by atoms with Gasteiger partial charge in [0.2, 0.25) is 0 Å². The van der Waals surface area contributed by atoms with E-state index in [9.17, 15) is 0 Å². The van der Waals surface area contributed by atoms with Crippen LogP contribution in [0.2, 0.25) is 5.02 Å². The summed E-state index contributed by atoms with van der Waals surface area (Å²) in [6.07, 6.45) is 5.38. The molecule has 2 atom stereocenters. The highest BCUT2D eigenvalue weighted by Gasteiger charge is 2.18. The van der Waals surface area contributed by atoms with Gasteiger partial charge in [-0.2, -0.15) is 0 Å². The fraction of sp³-hybridized carbons (Fsp3) is 0.571. The van der Waals surface area contributed by atoms with Gasteiger partial charge in [-0.3, -0.25) is 0 Å². The van der Waals surface area contributed by atoms with E-state index >= 15 is 0 Å². The molecule has 0 aromatic heterocycles. The third-order valence-corrected chi connectivity index (χ3v) is 3.84. The van der Waals surface area contributed by atoms with Crippen molar-refractivity contribution in [3.63, 3.8) is 0 Å². The zero-order valence-electron chi connectivity index (χ0n) is 9.88. The first-order valence-corrected chi connectivity index (χ1v) is 6.60. The van der Waals surface area contributed by atoms with Crippen LogP contribution in [-0.4, -0.2) is 6.04 Å². The molecule has 1 aromatic rings. The Morgan fingerprint density at radius 3 is 2.88 bits per heavy atom. The molecular formula is C14H20ClN. The summed E-state index contributed by atoms with van der Waals surface area (Å²) in [5, 5.41) is 4.50.